The van der Waals surface area contributed by atoms with Crippen molar-refractivity contribution in [2.45, 2.75) is 0 Å². The standard InChI is InChI=1S/C36H20N4/c37-21-23-16-24(22-38)18-28(17-23)26-7-4-10-30(19-26)40-32-11-5-6-25-12-13-31-35(34(25)32)33(40)20-27-14-15-39(36(27)31)29-8-2-1-3-9-29/h1-20H. The molecular weight excluding hydrogens is 488 g/mol. The molecule has 0 spiro atoms. The molecule has 4 nitrogen and oxygen atoms in total. The first-order chi connectivity index (χ1) is 19.7. The number of rotatable bonds is 3. The maximum Gasteiger partial charge on any atom is 0.0992 e. The van der Waals surface area contributed by atoms with Gasteiger partial charge in [-0.3, -0.25) is 0 Å². The Bertz CT molecular complexity index is 2310. The van der Waals surface area contributed by atoms with Crippen LogP contribution in [0.2, 0.25) is 0 Å². The molecular formula is C36H20N4. The summed E-state index contributed by atoms with van der Waals surface area (Å²) < 4.78 is 4.62. The Morgan fingerprint density at radius 3 is 2.10 bits per heavy atom. The smallest absolute Gasteiger partial charge is 0.0992 e. The van der Waals surface area contributed by atoms with Gasteiger partial charge in [-0.05, 0) is 77.2 Å². The first-order valence-electron chi connectivity index (χ1n) is 13.1. The average Bonchev–Trinajstić information content (AvgIpc) is 3.60. The molecule has 4 heteroatoms. The molecule has 0 atom stereocenters. The fraction of sp³-hybridized carbons (Fsp3) is 0. The predicted molar refractivity (Wildman–Crippen MR) is 161 cm³/mol. The summed E-state index contributed by atoms with van der Waals surface area (Å²) in [5, 5.41) is 25.2. The van der Waals surface area contributed by atoms with Crippen LogP contribution in [0.4, 0.5) is 0 Å². The van der Waals surface area contributed by atoms with Crippen molar-refractivity contribution in [2.75, 3.05) is 0 Å². The van der Waals surface area contributed by atoms with Gasteiger partial charge in [0.15, 0.2) is 0 Å². The highest BCUT2D eigenvalue weighted by Crippen LogP contribution is 2.43. The molecule has 0 fully saturated rings. The number of nitrogens with zero attached hydrogens (tertiary/aromatic N) is 4. The summed E-state index contributed by atoms with van der Waals surface area (Å²) in [5.41, 5.74) is 8.45. The minimum atomic E-state index is 0.480. The van der Waals surface area contributed by atoms with Crippen LogP contribution in [0.15, 0.2) is 121 Å². The lowest BCUT2D eigenvalue weighted by Crippen LogP contribution is -1.95. The van der Waals surface area contributed by atoms with Crippen LogP contribution in [0.25, 0.3) is 66.0 Å². The van der Waals surface area contributed by atoms with Crippen molar-refractivity contribution in [3.8, 4) is 34.6 Å². The summed E-state index contributed by atoms with van der Waals surface area (Å²) in [5.74, 6) is 0. The van der Waals surface area contributed by atoms with E-state index < -0.39 is 0 Å². The molecule has 0 unspecified atom stereocenters. The molecule has 0 amide bonds. The van der Waals surface area contributed by atoms with Gasteiger partial charge in [0.25, 0.3) is 0 Å². The van der Waals surface area contributed by atoms with Crippen LogP contribution in [0.5, 0.6) is 0 Å². The van der Waals surface area contributed by atoms with Gasteiger partial charge in [0, 0.05) is 39.1 Å². The first kappa shape index (κ1) is 22.2. The lowest BCUT2D eigenvalue weighted by Gasteiger charge is -2.12. The molecule has 0 saturated heterocycles. The number of benzene rings is 6. The fourth-order valence-corrected chi connectivity index (χ4v) is 6.21. The Balaban J connectivity index is 1.44. The topological polar surface area (TPSA) is 57.4 Å². The van der Waals surface area contributed by atoms with Gasteiger partial charge in [0.05, 0.1) is 39.8 Å². The molecule has 184 valence electrons. The summed E-state index contributed by atoms with van der Waals surface area (Å²) >= 11 is 0. The molecule has 0 aliphatic heterocycles. The number of para-hydroxylation sites is 1. The summed E-state index contributed by atoms with van der Waals surface area (Å²) in [6, 6.07) is 44.0. The van der Waals surface area contributed by atoms with Crippen LogP contribution in [0, 0.1) is 22.7 Å². The average molecular weight is 509 g/mol. The molecule has 8 aromatic rings. The van der Waals surface area contributed by atoms with Crippen LogP contribution >= 0.6 is 0 Å². The van der Waals surface area contributed by atoms with E-state index in [1.54, 1.807) is 6.07 Å². The normalized spacial score (nSPS) is 11.4. The van der Waals surface area contributed by atoms with E-state index in [2.05, 4.69) is 106 Å². The third-order valence-electron chi connectivity index (χ3n) is 7.89. The Hall–Kier alpha value is -5.84. The Morgan fingerprint density at radius 1 is 0.525 bits per heavy atom. The molecule has 8 rings (SSSR count). The van der Waals surface area contributed by atoms with E-state index in [-0.39, 0.29) is 0 Å². The lowest BCUT2D eigenvalue weighted by atomic mass is 10.00. The van der Waals surface area contributed by atoms with Gasteiger partial charge in [-0.25, -0.2) is 0 Å². The van der Waals surface area contributed by atoms with Gasteiger partial charge in [-0.1, -0.05) is 54.6 Å². The van der Waals surface area contributed by atoms with Crippen LogP contribution in [0.1, 0.15) is 11.1 Å². The molecule has 0 aliphatic carbocycles. The number of hydrogen-bond acceptors (Lipinski definition) is 2. The van der Waals surface area contributed by atoms with Gasteiger partial charge >= 0.3 is 0 Å². The molecule has 0 radical (unpaired) electrons. The lowest BCUT2D eigenvalue weighted by molar-refractivity contribution is 1.13. The van der Waals surface area contributed by atoms with Crippen molar-refractivity contribution < 1.29 is 0 Å². The number of nitriles is 2. The third kappa shape index (κ3) is 3.11. The van der Waals surface area contributed by atoms with Crippen molar-refractivity contribution in [2.24, 2.45) is 0 Å². The monoisotopic (exact) mass is 508 g/mol. The van der Waals surface area contributed by atoms with Crippen LogP contribution in [-0.4, -0.2) is 9.13 Å². The third-order valence-corrected chi connectivity index (χ3v) is 7.89. The minimum Gasteiger partial charge on any atom is -0.316 e. The van der Waals surface area contributed by atoms with E-state index >= 15 is 0 Å². The maximum absolute atomic E-state index is 9.52. The van der Waals surface area contributed by atoms with E-state index in [0.29, 0.717) is 11.1 Å². The molecule has 0 saturated carbocycles. The Morgan fingerprint density at radius 2 is 1.30 bits per heavy atom. The number of aromatic nitrogens is 2. The second-order valence-electron chi connectivity index (χ2n) is 10.1. The van der Waals surface area contributed by atoms with Crippen LogP contribution in [0.3, 0.4) is 0 Å². The van der Waals surface area contributed by atoms with Crippen molar-refractivity contribution in [1.82, 2.24) is 9.13 Å². The van der Waals surface area contributed by atoms with Crippen LogP contribution < -0.4 is 0 Å². The van der Waals surface area contributed by atoms with Gasteiger partial charge in [0.2, 0.25) is 0 Å². The number of fused-ring (bicyclic) bond motifs is 2. The zero-order valence-corrected chi connectivity index (χ0v) is 21.3. The summed E-state index contributed by atoms with van der Waals surface area (Å²) in [4.78, 5) is 0. The highest BCUT2D eigenvalue weighted by atomic mass is 15.0. The maximum atomic E-state index is 9.52. The highest BCUT2D eigenvalue weighted by molar-refractivity contribution is 6.29. The van der Waals surface area contributed by atoms with Crippen molar-refractivity contribution in [3.05, 3.63) is 133 Å². The predicted octanol–water partition coefficient (Wildman–Crippen LogP) is 8.73. The zero-order chi connectivity index (χ0) is 26.8. The summed E-state index contributed by atoms with van der Waals surface area (Å²) in [6.07, 6.45) is 2.15. The summed E-state index contributed by atoms with van der Waals surface area (Å²) in [6.45, 7) is 0. The van der Waals surface area contributed by atoms with Crippen molar-refractivity contribution in [1.29, 1.82) is 10.5 Å². The second kappa shape index (κ2) is 8.33. The number of hydrogen-bond donors (Lipinski definition) is 0. The molecule has 2 aromatic heterocycles. The van der Waals surface area contributed by atoms with Gasteiger partial charge < -0.3 is 9.13 Å². The Labute approximate surface area is 230 Å². The SMILES string of the molecule is N#Cc1cc(C#N)cc(-c2cccc(-n3c4cccc5ccc6c(c54)c3cc3ccn(-c4ccccc4)c36)c2)c1. The largest absolute Gasteiger partial charge is 0.316 e. The van der Waals surface area contributed by atoms with E-state index in [1.165, 1.54) is 32.4 Å². The molecule has 0 aliphatic rings. The first-order valence-corrected chi connectivity index (χ1v) is 13.1. The molecule has 0 N–H and O–H groups in total. The van der Waals surface area contributed by atoms with Gasteiger partial charge in [0.1, 0.15) is 0 Å². The van der Waals surface area contributed by atoms with E-state index in [4.69, 9.17) is 0 Å². The molecule has 40 heavy (non-hydrogen) atoms. The zero-order valence-electron chi connectivity index (χ0n) is 21.3. The quantitative estimate of drug-likeness (QED) is 0.224. The second-order valence-corrected chi connectivity index (χ2v) is 10.1. The molecule has 6 aromatic carbocycles. The van der Waals surface area contributed by atoms with Crippen molar-refractivity contribution in [3.63, 3.8) is 0 Å². The van der Waals surface area contributed by atoms with E-state index in [9.17, 15) is 10.5 Å². The molecule has 2 heterocycles. The van der Waals surface area contributed by atoms with Gasteiger partial charge in [-0.2, -0.15) is 10.5 Å². The molecule has 0 bridgehead atoms. The fourth-order valence-electron chi connectivity index (χ4n) is 6.21. The Kier molecular flexibility index (Phi) is 4.62. The van der Waals surface area contributed by atoms with Crippen molar-refractivity contribution >= 4 is 43.5 Å². The van der Waals surface area contributed by atoms with Gasteiger partial charge in [-0.15, -0.1) is 0 Å². The summed E-state index contributed by atoms with van der Waals surface area (Å²) in [7, 11) is 0. The van der Waals surface area contributed by atoms with Crippen LogP contribution in [-0.2, 0) is 0 Å². The minimum absolute atomic E-state index is 0.480. The van der Waals surface area contributed by atoms with E-state index in [0.717, 1.165) is 33.5 Å². The highest BCUT2D eigenvalue weighted by Gasteiger charge is 2.20. The van der Waals surface area contributed by atoms with E-state index in [1.807, 2.05) is 30.3 Å².